The van der Waals surface area contributed by atoms with Gasteiger partial charge in [0.2, 0.25) is 11.8 Å². The van der Waals surface area contributed by atoms with E-state index in [2.05, 4.69) is 5.32 Å². The van der Waals surface area contributed by atoms with Crippen molar-refractivity contribution in [3.05, 3.63) is 29.8 Å². The summed E-state index contributed by atoms with van der Waals surface area (Å²) in [6.45, 7) is 5.57. The Bertz CT molecular complexity index is 486. The van der Waals surface area contributed by atoms with Crippen molar-refractivity contribution >= 4 is 17.5 Å². The zero-order chi connectivity index (χ0) is 15.3. The highest BCUT2D eigenvalue weighted by atomic mass is 16.2. The summed E-state index contributed by atoms with van der Waals surface area (Å²) in [6.07, 6.45) is 0. The van der Waals surface area contributed by atoms with Gasteiger partial charge in [0.15, 0.2) is 0 Å². The van der Waals surface area contributed by atoms with Crippen LogP contribution < -0.4 is 11.1 Å². The van der Waals surface area contributed by atoms with Crippen LogP contribution in [0.1, 0.15) is 26.3 Å². The molecule has 0 heterocycles. The van der Waals surface area contributed by atoms with E-state index >= 15 is 0 Å². The van der Waals surface area contributed by atoms with Crippen molar-refractivity contribution in [3.63, 3.8) is 0 Å². The number of hydrogen-bond donors (Lipinski definition) is 2. The molecule has 0 spiro atoms. The molecule has 1 rings (SSSR count). The number of nitrogens with two attached hydrogens (primary N) is 1. The van der Waals surface area contributed by atoms with Crippen molar-refractivity contribution in [3.8, 4) is 0 Å². The molecule has 0 fully saturated rings. The van der Waals surface area contributed by atoms with E-state index in [4.69, 9.17) is 5.73 Å². The summed E-state index contributed by atoms with van der Waals surface area (Å²) >= 11 is 0. The molecule has 5 nitrogen and oxygen atoms in total. The Balaban J connectivity index is 2.85. The molecule has 0 aromatic heterocycles. The van der Waals surface area contributed by atoms with Gasteiger partial charge < -0.3 is 16.0 Å². The molecule has 3 N–H and O–H groups in total. The van der Waals surface area contributed by atoms with Gasteiger partial charge in [-0.15, -0.1) is 0 Å². The van der Waals surface area contributed by atoms with E-state index in [0.717, 1.165) is 11.3 Å². The fourth-order valence-corrected chi connectivity index (χ4v) is 1.63. The zero-order valence-electron chi connectivity index (χ0n) is 12.5. The van der Waals surface area contributed by atoms with Crippen molar-refractivity contribution in [2.24, 2.45) is 11.7 Å². The average molecular weight is 277 g/mol. The molecule has 0 radical (unpaired) electrons. The predicted octanol–water partition coefficient (Wildman–Crippen LogP) is 1.59. The summed E-state index contributed by atoms with van der Waals surface area (Å²) in [5.74, 6) is -0.401. The highest BCUT2D eigenvalue weighted by Gasteiger charge is 2.18. The molecule has 0 aliphatic heterocycles. The van der Waals surface area contributed by atoms with Crippen LogP contribution in [0.4, 0.5) is 5.69 Å². The first-order valence-electron chi connectivity index (χ1n) is 6.69. The van der Waals surface area contributed by atoms with E-state index in [9.17, 15) is 9.59 Å². The number of para-hydroxylation sites is 1. The minimum absolute atomic E-state index is 0.0184. The zero-order valence-corrected chi connectivity index (χ0v) is 12.5. The molecule has 2 unspecified atom stereocenters. The van der Waals surface area contributed by atoms with Crippen LogP contribution in [0.15, 0.2) is 24.3 Å². The van der Waals surface area contributed by atoms with Crippen molar-refractivity contribution in [1.82, 2.24) is 4.90 Å². The lowest BCUT2D eigenvalue weighted by Crippen LogP contribution is -2.34. The molecular weight excluding hydrogens is 254 g/mol. The molecule has 20 heavy (non-hydrogen) atoms. The van der Waals surface area contributed by atoms with Gasteiger partial charge in [-0.05, 0) is 18.6 Å². The number of carbonyl (C=O) groups excluding carboxylic acids is 2. The highest BCUT2D eigenvalue weighted by Crippen LogP contribution is 2.18. The van der Waals surface area contributed by atoms with Gasteiger partial charge >= 0.3 is 0 Å². The largest absolute Gasteiger partial charge is 0.342 e. The summed E-state index contributed by atoms with van der Waals surface area (Å²) in [5, 5.41) is 2.88. The van der Waals surface area contributed by atoms with Crippen molar-refractivity contribution in [1.29, 1.82) is 0 Å². The van der Waals surface area contributed by atoms with Crippen LogP contribution >= 0.6 is 0 Å². The van der Waals surface area contributed by atoms with E-state index < -0.39 is 0 Å². The Morgan fingerprint density at radius 2 is 1.90 bits per heavy atom. The number of nitrogens with zero attached hydrogens (tertiary/aromatic N) is 1. The second-order valence-electron chi connectivity index (χ2n) is 5.17. The number of anilines is 1. The van der Waals surface area contributed by atoms with Crippen LogP contribution in [0.2, 0.25) is 0 Å². The Morgan fingerprint density at radius 3 is 2.45 bits per heavy atom. The van der Waals surface area contributed by atoms with Gasteiger partial charge in [0, 0.05) is 32.2 Å². The third-order valence-corrected chi connectivity index (χ3v) is 3.42. The Kier molecular flexibility index (Phi) is 5.70. The maximum Gasteiger partial charge on any atom is 0.228 e. The van der Waals surface area contributed by atoms with Gasteiger partial charge in [0.05, 0.1) is 5.92 Å². The summed E-state index contributed by atoms with van der Waals surface area (Å²) in [6, 6.07) is 7.25. The van der Waals surface area contributed by atoms with Gasteiger partial charge in [-0.2, -0.15) is 0 Å². The normalized spacial score (nSPS) is 13.4. The van der Waals surface area contributed by atoms with Gasteiger partial charge in [0.1, 0.15) is 0 Å². The molecule has 0 saturated heterocycles. The minimum Gasteiger partial charge on any atom is -0.342 e. The van der Waals surface area contributed by atoms with Crippen molar-refractivity contribution < 1.29 is 9.59 Å². The van der Waals surface area contributed by atoms with Crippen LogP contribution in [0.3, 0.4) is 0 Å². The van der Waals surface area contributed by atoms with E-state index in [-0.39, 0.29) is 23.8 Å². The topological polar surface area (TPSA) is 75.4 Å². The Labute approximate surface area is 120 Å². The monoisotopic (exact) mass is 277 g/mol. The summed E-state index contributed by atoms with van der Waals surface area (Å²) in [7, 11) is 1.73. The summed E-state index contributed by atoms with van der Waals surface area (Å²) < 4.78 is 0. The lowest BCUT2D eigenvalue weighted by molar-refractivity contribution is -0.128. The average Bonchev–Trinajstić information content (AvgIpc) is 2.39. The lowest BCUT2D eigenvalue weighted by Gasteiger charge is -2.20. The first kappa shape index (κ1) is 16.2. The SMILES string of the molecule is CC(=O)N(C)Cc1ccccc1NC(=O)C(C)C(C)N. The Hall–Kier alpha value is -1.88. The molecule has 5 heteroatoms. The minimum atomic E-state index is -0.270. The molecule has 0 aliphatic rings. The van der Waals surface area contributed by atoms with Gasteiger partial charge in [0.25, 0.3) is 0 Å². The van der Waals surface area contributed by atoms with Crippen LogP contribution in [-0.4, -0.2) is 29.8 Å². The molecule has 0 aliphatic carbocycles. The second-order valence-corrected chi connectivity index (χ2v) is 5.17. The third-order valence-electron chi connectivity index (χ3n) is 3.42. The molecule has 1 aromatic rings. The van der Waals surface area contributed by atoms with Gasteiger partial charge in [-0.25, -0.2) is 0 Å². The van der Waals surface area contributed by atoms with Gasteiger partial charge in [-0.1, -0.05) is 25.1 Å². The van der Waals surface area contributed by atoms with Crippen molar-refractivity contribution in [2.75, 3.05) is 12.4 Å². The van der Waals surface area contributed by atoms with E-state index in [1.54, 1.807) is 25.8 Å². The summed E-state index contributed by atoms with van der Waals surface area (Å²) in [5.41, 5.74) is 7.35. The lowest BCUT2D eigenvalue weighted by atomic mass is 10.0. The van der Waals surface area contributed by atoms with E-state index in [1.165, 1.54) is 6.92 Å². The van der Waals surface area contributed by atoms with Crippen LogP contribution in [0.25, 0.3) is 0 Å². The van der Waals surface area contributed by atoms with E-state index in [0.29, 0.717) is 6.54 Å². The summed E-state index contributed by atoms with van der Waals surface area (Å²) in [4.78, 5) is 25.0. The molecule has 2 atom stereocenters. The molecule has 2 amide bonds. The van der Waals surface area contributed by atoms with Crippen molar-refractivity contribution in [2.45, 2.75) is 33.4 Å². The maximum atomic E-state index is 12.1. The number of carbonyl (C=O) groups is 2. The number of nitrogens with one attached hydrogen (secondary N) is 1. The molecule has 0 bridgehead atoms. The first-order chi connectivity index (χ1) is 9.32. The number of rotatable bonds is 5. The number of amides is 2. The second kappa shape index (κ2) is 7.05. The number of benzene rings is 1. The third kappa shape index (κ3) is 4.35. The smallest absolute Gasteiger partial charge is 0.228 e. The van der Waals surface area contributed by atoms with E-state index in [1.807, 2.05) is 24.3 Å². The molecule has 110 valence electrons. The predicted molar refractivity (Wildman–Crippen MR) is 80.0 cm³/mol. The van der Waals surface area contributed by atoms with Gasteiger partial charge in [-0.3, -0.25) is 9.59 Å². The maximum absolute atomic E-state index is 12.1. The number of hydrogen-bond acceptors (Lipinski definition) is 3. The van der Waals surface area contributed by atoms with Crippen LogP contribution in [-0.2, 0) is 16.1 Å². The fraction of sp³-hybridized carbons (Fsp3) is 0.467. The molecule has 1 aromatic carbocycles. The first-order valence-corrected chi connectivity index (χ1v) is 6.69. The standard InChI is InChI=1S/C15H23N3O2/c1-10(11(2)16)15(20)17-14-8-6-5-7-13(14)9-18(4)12(3)19/h5-8,10-11H,9,16H2,1-4H3,(H,17,20). The highest BCUT2D eigenvalue weighted by molar-refractivity contribution is 5.93. The molecular formula is C15H23N3O2. The Morgan fingerprint density at radius 1 is 1.30 bits per heavy atom. The van der Waals surface area contributed by atoms with Crippen LogP contribution in [0, 0.1) is 5.92 Å². The quantitative estimate of drug-likeness (QED) is 0.858. The van der Waals surface area contributed by atoms with Crippen LogP contribution in [0.5, 0.6) is 0 Å². The fourth-order valence-electron chi connectivity index (χ4n) is 1.63. The molecule has 0 saturated carbocycles.